The third-order valence-electron chi connectivity index (χ3n) is 5.32. The van der Waals surface area contributed by atoms with Crippen LogP contribution in [0.5, 0.6) is 11.5 Å². The first-order valence-electron chi connectivity index (χ1n) is 9.26. The molecule has 0 bridgehead atoms. The summed E-state index contributed by atoms with van der Waals surface area (Å²) in [6.45, 7) is 1.56. The van der Waals surface area contributed by atoms with E-state index in [0.717, 1.165) is 5.56 Å². The lowest BCUT2D eigenvalue weighted by Gasteiger charge is -2.43. The molecule has 3 heterocycles. The van der Waals surface area contributed by atoms with Gasteiger partial charge < -0.3 is 19.3 Å². The monoisotopic (exact) mass is 414 g/mol. The number of benzene rings is 1. The highest BCUT2D eigenvalue weighted by molar-refractivity contribution is 7.98. The number of thioether (sulfide) groups is 1. The summed E-state index contributed by atoms with van der Waals surface area (Å²) in [6, 6.07) is 5.02. The van der Waals surface area contributed by atoms with Gasteiger partial charge in [0.1, 0.15) is 23.4 Å². The SMILES string of the molecule is COc1ccc(CN2CCN3c4nc(SC)ncc4C(=O)CC3C2=O)c(OC)c1. The molecular formula is C20H22N4O4S. The number of carbonyl (C=O) groups is 2. The molecule has 8 nitrogen and oxygen atoms in total. The Bertz CT molecular complexity index is 967. The van der Waals surface area contributed by atoms with E-state index in [-0.39, 0.29) is 18.1 Å². The van der Waals surface area contributed by atoms with Crippen molar-refractivity contribution in [3.05, 3.63) is 35.5 Å². The zero-order valence-electron chi connectivity index (χ0n) is 16.5. The van der Waals surface area contributed by atoms with E-state index >= 15 is 0 Å². The summed E-state index contributed by atoms with van der Waals surface area (Å²) in [5.74, 6) is 1.77. The molecule has 2 aromatic rings. The van der Waals surface area contributed by atoms with Crippen LogP contribution in [-0.4, -0.2) is 66.2 Å². The minimum absolute atomic E-state index is 0.0718. The number of carbonyl (C=O) groups excluding carboxylic acids is 2. The van der Waals surface area contributed by atoms with Crippen molar-refractivity contribution in [3.63, 3.8) is 0 Å². The maximum absolute atomic E-state index is 13.2. The summed E-state index contributed by atoms with van der Waals surface area (Å²) in [5.41, 5.74) is 1.39. The van der Waals surface area contributed by atoms with E-state index < -0.39 is 6.04 Å². The minimum atomic E-state index is -0.530. The van der Waals surface area contributed by atoms with Crippen LogP contribution in [0.1, 0.15) is 22.3 Å². The highest BCUT2D eigenvalue weighted by Gasteiger charge is 2.42. The van der Waals surface area contributed by atoms with Crippen molar-refractivity contribution in [2.24, 2.45) is 0 Å². The number of anilines is 1. The van der Waals surface area contributed by atoms with Crippen molar-refractivity contribution in [3.8, 4) is 11.5 Å². The number of ketones is 1. The average molecular weight is 414 g/mol. The van der Waals surface area contributed by atoms with Crippen LogP contribution in [0.3, 0.4) is 0 Å². The molecule has 1 amide bonds. The number of methoxy groups -OCH3 is 2. The lowest BCUT2D eigenvalue weighted by molar-refractivity contribution is -0.135. The molecule has 0 spiro atoms. The largest absolute Gasteiger partial charge is 0.497 e. The van der Waals surface area contributed by atoms with Crippen LogP contribution in [0.25, 0.3) is 0 Å². The number of aromatic nitrogens is 2. The Morgan fingerprint density at radius 3 is 2.76 bits per heavy atom. The van der Waals surface area contributed by atoms with Gasteiger partial charge in [-0.05, 0) is 18.4 Å². The summed E-state index contributed by atoms with van der Waals surface area (Å²) < 4.78 is 10.7. The molecule has 0 saturated carbocycles. The van der Waals surface area contributed by atoms with Crippen molar-refractivity contribution in [2.75, 3.05) is 38.5 Å². The number of nitrogens with zero attached hydrogens (tertiary/aromatic N) is 4. The van der Waals surface area contributed by atoms with Crippen molar-refractivity contribution in [1.29, 1.82) is 0 Å². The van der Waals surface area contributed by atoms with Crippen LogP contribution in [0.15, 0.2) is 29.6 Å². The second-order valence-electron chi connectivity index (χ2n) is 6.87. The highest BCUT2D eigenvalue weighted by atomic mass is 32.2. The highest BCUT2D eigenvalue weighted by Crippen LogP contribution is 2.33. The zero-order chi connectivity index (χ0) is 20.5. The van der Waals surface area contributed by atoms with Gasteiger partial charge in [0.05, 0.1) is 19.8 Å². The van der Waals surface area contributed by atoms with Gasteiger partial charge in [-0.2, -0.15) is 0 Å². The fourth-order valence-electron chi connectivity index (χ4n) is 3.79. The Morgan fingerprint density at radius 1 is 1.21 bits per heavy atom. The van der Waals surface area contributed by atoms with E-state index in [1.165, 1.54) is 11.8 Å². The Morgan fingerprint density at radius 2 is 2.03 bits per heavy atom. The first-order valence-corrected chi connectivity index (χ1v) is 10.5. The molecule has 1 atom stereocenters. The van der Waals surface area contributed by atoms with Crippen LogP contribution in [0, 0.1) is 0 Å². The van der Waals surface area contributed by atoms with Gasteiger partial charge in [-0.3, -0.25) is 9.59 Å². The van der Waals surface area contributed by atoms with Gasteiger partial charge in [-0.25, -0.2) is 9.97 Å². The maximum atomic E-state index is 13.2. The van der Waals surface area contributed by atoms with Gasteiger partial charge in [-0.1, -0.05) is 11.8 Å². The molecule has 0 radical (unpaired) electrons. The maximum Gasteiger partial charge on any atom is 0.246 e. The second kappa shape index (κ2) is 7.90. The van der Waals surface area contributed by atoms with E-state index in [1.807, 2.05) is 23.3 Å². The lowest BCUT2D eigenvalue weighted by Crippen LogP contribution is -2.59. The molecule has 1 aromatic heterocycles. The molecule has 2 aliphatic heterocycles. The smallest absolute Gasteiger partial charge is 0.246 e. The van der Waals surface area contributed by atoms with Crippen molar-refractivity contribution < 1.29 is 19.1 Å². The number of Topliss-reactive ketones (excluding diaryl/α,β-unsaturated/α-hetero) is 1. The van der Waals surface area contributed by atoms with Crippen molar-refractivity contribution >= 4 is 29.3 Å². The number of amides is 1. The predicted molar refractivity (Wildman–Crippen MR) is 109 cm³/mol. The van der Waals surface area contributed by atoms with Crippen LogP contribution in [-0.2, 0) is 11.3 Å². The molecule has 1 aromatic carbocycles. The van der Waals surface area contributed by atoms with Gasteiger partial charge in [0.2, 0.25) is 5.91 Å². The minimum Gasteiger partial charge on any atom is -0.497 e. The summed E-state index contributed by atoms with van der Waals surface area (Å²) in [7, 11) is 3.19. The fraction of sp³-hybridized carbons (Fsp3) is 0.400. The quantitative estimate of drug-likeness (QED) is 0.543. The van der Waals surface area contributed by atoms with Crippen molar-refractivity contribution in [2.45, 2.75) is 24.2 Å². The Labute approximate surface area is 173 Å². The van der Waals surface area contributed by atoms with E-state index in [2.05, 4.69) is 9.97 Å². The molecule has 1 unspecified atom stereocenters. The topological polar surface area (TPSA) is 84.9 Å². The molecule has 0 aliphatic carbocycles. The fourth-order valence-corrected chi connectivity index (χ4v) is 4.13. The molecule has 1 saturated heterocycles. The average Bonchev–Trinajstić information content (AvgIpc) is 2.76. The standard InChI is InChI=1S/C20H22N4O4S/c1-27-13-5-4-12(17(8-13)28-2)11-23-6-7-24-15(19(23)26)9-16(25)14-10-21-20(29-3)22-18(14)24/h4-5,8,10,15H,6-7,9,11H2,1-3H3. The molecule has 0 N–H and O–H groups in total. The Balaban J connectivity index is 1.59. The number of hydrogen-bond acceptors (Lipinski definition) is 8. The Hall–Kier alpha value is -2.81. The molecular weight excluding hydrogens is 392 g/mol. The van der Waals surface area contributed by atoms with Crippen LogP contribution in [0.4, 0.5) is 5.82 Å². The summed E-state index contributed by atoms with van der Waals surface area (Å²) in [5, 5.41) is 0.593. The lowest BCUT2D eigenvalue weighted by atomic mass is 9.95. The van der Waals surface area contributed by atoms with Gasteiger partial charge in [-0.15, -0.1) is 0 Å². The zero-order valence-corrected chi connectivity index (χ0v) is 17.4. The molecule has 29 heavy (non-hydrogen) atoms. The third-order valence-corrected chi connectivity index (χ3v) is 5.88. The van der Waals surface area contributed by atoms with E-state index in [1.54, 1.807) is 31.4 Å². The summed E-state index contributed by atoms with van der Waals surface area (Å²) in [6.07, 6.45) is 3.60. The Kier molecular flexibility index (Phi) is 5.31. The first kappa shape index (κ1) is 19.5. The van der Waals surface area contributed by atoms with Gasteiger partial charge in [0, 0.05) is 43.9 Å². The van der Waals surface area contributed by atoms with Crippen LogP contribution >= 0.6 is 11.8 Å². The van der Waals surface area contributed by atoms with Gasteiger partial charge >= 0.3 is 0 Å². The number of ether oxygens (including phenoxy) is 2. The van der Waals surface area contributed by atoms with E-state index in [9.17, 15) is 9.59 Å². The molecule has 152 valence electrons. The molecule has 1 fully saturated rings. The van der Waals surface area contributed by atoms with Crippen LogP contribution < -0.4 is 14.4 Å². The van der Waals surface area contributed by atoms with E-state index in [4.69, 9.17) is 9.47 Å². The first-order chi connectivity index (χ1) is 14.0. The second-order valence-corrected chi connectivity index (χ2v) is 7.64. The van der Waals surface area contributed by atoms with Gasteiger partial charge in [0.15, 0.2) is 10.9 Å². The predicted octanol–water partition coefficient (Wildman–Crippen LogP) is 2.02. The normalized spacial score (nSPS) is 18.4. The summed E-state index contributed by atoms with van der Waals surface area (Å²) >= 11 is 1.41. The van der Waals surface area contributed by atoms with Crippen LogP contribution in [0.2, 0.25) is 0 Å². The third kappa shape index (κ3) is 3.50. The number of piperazine rings is 1. The number of fused-ring (bicyclic) bond motifs is 3. The number of hydrogen-bond donors (Lipinski definition) is 0. The molecule has 2 aliphatic rings. The molecule has 4 rings (SSSR count). The summed E-state index contributed by atoms with van der Waals surface area (Å²) in [4.78, 5) is 38.3. The number of rotatable bonds is 5. The molecule has 9 heteroatoms. The van der Waals surface area contributed by atoms with E-state index in [0.29, 0.717) is 47.7 Å². The van der Waals surface area contributed by atoms with Crippen molar-refractivity contribution in [1.82, 2.24) is 14.9 Å². The van der Waals surface area contributed by atoms with Gasteiger partial charge in [0.25, 0.3) is 0 Å².